The molecule has 3 unspecified atom stereocenters. The molecule has 30 nitrogen and oxygen atoms in total. The molecule has 2 saturated heterocycles. The lowest BCUT2D eigenvalue weighted by molar-refractivity contribution is -0.149. The first kappa shape index (κ1) is 59.1. The molecule has 4 rings (SSSR count). The fraction of sp³-hybridized carbons (Fsp3) is 0.744. The minimum Gasteiger partial charge on any atom is -0.468 e. The Morgan fingerprint density at radius 2 is 0.836 bits per heavy atom. The van der Waals surface area contributed by atoms with Crippen LogP contribution in [0.5, 0.6) is 0 Å². The fourth-order valence-corrected chi connectivity index (χ4v) is 7.53. The summed E-state index contributed by atoms with van der Waals surface area (Å²) in [5, 5.41) is 18.8. The van der Waals surface area contributed by atoms with Gasteiger partial charge in [-0.25, -0.2) is 65.8 Å². The lowest BCUT2D eigenvalue weighted by atomic mass is 10.3. The average Bonchev–Trinajstić information content (AvgIpc) is 3.78. The van der Waals surface area contributed by atoms with Gasteiger partial charge in [0.25, 0.3) is 0 Å². The van der Waals surface area contributed by atoms with Gasteiger partial charge in [0.05, 0.1) is 40.0 Å². The first-order valence-electron chi connectivity index (χ1n) is 24.0. The van der Waals surface area contributed by atoms with E-state index < -0.39 is 148 Å². The van der Waals surface area contributed by atoms with Gasteiger partial charge in [-0.3, -0.25) is 34.0 Å². The second-order valence-corrected chi connectivity index (χ2v) is 16.7. The molecule has 30 heteroatoms. The summed E-state index contributed by atoms with van der Waals surface area (Å²) in [5.74, 6) is -3.57. The highest BCUT2D eigenvalue weighted by Gasteiger charge is 2.59. The maximum absolute atomic E-state index is 14.1. The van der Waals surface area contributed by atoms with Crippen LogP contribution in [0.2, 0.25) is 0 Å². The Morgan fingerprint density at radius 1 is 0.479 bits per heavy atom. The summed E-state index contributed by atoms with van der Waals surface area (Å²) in [7, 11) is 0.953. The number of amides is 4. The van der Waals surface area contributed by atoms with Crippen molar-refractivity contribution < 1.29 is 67.3 Å². The van der Waals surface area contributed by atoms with Gasteiger partial charge in [-0.15, -0.1) is 0 Å². The number of hydrogen-bond acceptors (Lipinski definition) is 20. The van der Waals surface area contributed by atoms with Gasteiger partial charge >= 0.3 is 64.1 Å². The molecule has 2 aromatic rings. The van der Waals surface area contributed by atoms with Crippen LogP contribution in [-0.4, -0.2) is 186 Å². The van der Waals surface area contributed by atoms with Crippen molar-refractivity contribution in [3.05, 3.63) is 62.9 Å². The molecule has 0 bridgehead atoms. The van der Waals surface area contributed by atoms with E-state index in [4.69, 9.17) is 33.5 Å². The van der Waals surface area contributed by atoms with Crippen LogP contribution in [0.15, 0.2) is 28.8 Å². The van der Waals surface area contributed by atoms with Crippen molar-refractivity contribution >= 4 is 30.0 Å². The number of aliphatic hydroxyl groups is 2. The number of nitrogens with zero attached hydrogens (tertiary/aromatic N) is 10. The van der Waals surface area contributed by atoms with E-state index in [9.17, 15) is 57.8 Å². The van der Waals surface area contributed by atoms with Gasteiger partial charge in [-0.2, -0.15) is 0 Å². The van der Waals surface area contributed by atoms with E-state index in [2.05, 4.69) is 4.74 Å². The van der Waals surface area contributed by atoms with Crippen LogP contribution in [0.1, 0.15) is 72.6 Å². The molecule has 73 heavy (non-hydrogen) atoms. The Morgan fingerprint density at radius 3 is 1.22 bits per heavy atom. The maximum Gasteiger partial charge on any atom is 0.337 e. The molecule has 2 aliphatic rings. The number of methoxy groups -OCH3 is 1. The monoisotopic (exact) mass is 1040 g/mol. The SMILES string of the molecule is CCCCOCN1C(=O)N(COCCCC)C2C1N(COCCCC)C(=O)N2COCCn1c(=O)n(CCO)c(=O)n(CCOC(=O)Cn2c(=O)n(CC(=O)OC)c(=O)n(CC(=O)OC(C)CCO)c2=O)c1=O. The predicted molar refractivity (Wildman–Crippen MR) is 249 cm³/mol. The van der Waals surface area contributed by atoms with E-state index >= 15 is 0 Å². The van der Waals surface area contributed by atoms with Gasteiger partial charge in [-0.05, 0) is 26.2 Å². The zero-order chi connectivity index (χ0) is 53.8. The van der Waals surface area contributed by atoms with Crippen LogP contribution < -0.4 is 34.1 Å². The van der Waals surface area contributed by atoms with Gasteiger partial charge < -0.3 is 43.4 Å². The normalized spacial score (nSPS) is 15.9. The number of aromatic nitrogens is 6. The Hall–Kier alpha value is -6.47. The van der Waals surface area contributed by atoms with E-state index in [0.29, 0.717) is 33.5 Å². The second kappa shape index (κ2) is 29.3. The molecule has 410 valence electrons. The van der Waals surface area contributed by atoms with Crippen molar-refractivity contribution in [3.63, 3.8) is 0 Å². The molecular weight excluding hydrogens is 977 g/mol. The lowest BCUT2D eigenvalue weighted by Crippen LogP contribution is -2.56. The number of carbonyl (C=O) groups is 5. The Labute approximate surface area is 417 Å². The summed E-state index contributed by atoms with van der Waals surface area (Å²) in [5.41, 5.74) is -7.87. The Balaban J connectivity index is 1.54. The van der Waals surface area contributed by atoms with Crippen molar-refractivity contribution in [3.8, 4) is 0 Å². The van der Waals surface area contributed by atoms with Gasteiger partial charge in [-0.1, -0.05) is 40.0 Å². The Bertz CT molecular complexity index is 2560. The third-order valence-electron chi connectivity index (χ3n) is 11.5. The van der Waals surface area contributed by atoms with Crippen molar-refractivity contribution in [2.24, 2.45) is 0 Å². The molecule has 2 N–H and O–H groups in total. The standard InChI is InChI=1S/C43H68N10O20/c1-6-9-18-68-26-50-34-35(52(42(50)65)28-70-20-11-8-3)53(43(66)51(34)27-69-19-10-7-2)29-71-21-14-45-36(59)44(13-17-55)37(60)46(38(45)61)15-22-72-32(57)24-48-39(62)47(23-31(56)67-5)40(63)49(41(48)64)25-33(58)73-30(4)12-16-54/h30,34-35,54-55H,6-29H2,1-5H3. The lowest BCUT2D eigenvalue weighted by Gasteiger charge is -2.29. The van der Waals surface area contributed by atoms with Crippen LogP contribution in [0.3, 0.4) is 0 Å². The number of aliphatic hydroxyl groups excluding tert-OH is 2. The zero-order valence-electron chi connectivity index (χ0n) is 41.9. The maximum atomic E-state index is 14.1. The number of carbonyl (C=O) groups excluding carboxylic acids is 5. The molecular formula is C43H68N10O20. The minimum absolute atomic E-state index is 0.0168. The zero-order valence-corrected chi connectivity index (χ0v) is 41.9. The van der Waals surface area contributed by atoms with Crippen molar-refractivity contribution in [2.75, 3.05) is 80.3 Å². The van der Waals surface area contributed by atoms with E-state index in [1.165, 1.54) is 26.5 Å². The number of ether oxygens (including phenoxy) is 7. The topological polar surface area (TPSA) is 335 Å². The van der Waals surface area contributed by atoms with Crippen molar-refractivity contribution in [1.82, 2.24) is 47.0 Å². The average molecular weight is 1050 g/mol. The Kier molecular flexibility index (Phi) is 23.7. The van der Waals surface area contributed by atoms with Crippen molar-refractivity contribution in [1.29, 1.82) is 0 Å². The van der Waals surface area contributed by atoms with Gasteiger partial charge in [0.15, 0.2) is 12.3 Å². The number of esters is 3. The van der Waals surface area contributed by atoms with Crippen LogP contribution in [0.25, 0.3) is 0 Å². The first-order valence-corrected chi connectivity index (χ1v) is 24.0. The highest BCUT2D eigenvalue weighted by atomic mass is 16.6. The minimum atomic E-state index is -1.47. The second-order valence-electron chi connectivity index (χ2n) is 16.7. The molecule has 2 aromatic heterocycles. The smallest absolute Gasteiger partial charge is 0.337 e. The van der Waals surface area contributed by atoms with E-state index in [0.717, 1.165) is 45.6 Å². The van der Waals surface area contributed by atoms with E-state index in [1.807, 2.05) is 20.8 Å². The molecule has 0 aromatic carbocycles. The third-order valence-corrected chi connectivity index (χ3v) is 11.5. The molecule has 3 atom stereocenters. The number of fused-ring (bicyclic) bond motifs is 1. The molecule has 0 saturated carbocycles. The molecule has 0 aliphatic carbocycles. The largest absolute Gasteiger partial charge is 0.468 e. The van der Waals surface area contributed by atoms with Crippen molar-refractivity contribution in [2.45, 2.75) is 130 Å². The summed E-state index contributed by atoms with van der Waals surface area (Å²) in [6, 6.07) is -1.01. The predicted octanol–water partition coefficient (Wildman–Crippen LogP) is -3.20. The summed E-state index contributed by atoms with van der Waals surface area (Å²) in [6.07, 6.45) is 2.08. The van der Waals surface area contributed by atoms with E-state index in [-0.39, 0.29) is 46.9 Å². The molecule has 4 amide bonds. The molecule has 2 aliphatic heterocycles. The number of unbranched alkanes of at least 4 members (excludes halogenated alkanes) is 3. The van der Waals surface area contributed by atoms with Crippen LogP contribution in [0.4, 0.5) is 9.59 Å². The molecule has 0 spiro atoms. The summed E-state index contributed by atoms with van der Waals surface area (Å²) >= 11 is 0. The highest BCUT2D eigenvalue weighted by Crippen LogP contribution is 2.35. The fourth-order valence-electron chi connectivity index (χ4n) is 7.53. The molecule has 4 heterocycles. The third kappa shape index (κ3) is 15.1. The molecule has 2 fully saturated rings. The molecule has 0 radical (unpaired) electrons. The van der Waals surface area contributed by atoms with Crippen LogP contribution in [0, 0.1) is 0 Å². The quantitative estimate of drug-likeness (QED) is 0.0396. The number of rotatable bonds is 34. The highest BCUT2D eigenvalue weighted by molar-refractivity contribution is 5.85. The summed E-state index contributed by atoms with van der Waals surface area (Å²) < 4.78 is 40.5. The van der Waals surface area contributed by atoms with E-state index in [1.54, 1.807) is 0 Å². The summed E-state index contributed by atoms with van der Waals surface area (Å²) in [6.45, 7) is 0.219. The number of hydrogen-bond donors (Lipinski definition) is 2. The number of urea groups is 2. The summed E-state index contributed by atoms with van der Waals surface area (Å²) in [4.78, 5) is 152. The van der Waals surface area contributed by atoms with Gasteiger partial charge in [0, 0.05) is 32.8 Å². The van der Waals surface area contributed by atoms with Crippen LogP contribution in [-0.2, 0) is 86.8 Å². The van der Waals surface area contributed by atoms with Gasteiger partial charge in [0.1, 0.15) is 59.3 Å². The van der Waals surface area contributed by atoms with Gasteiger partial charge in [0.2, 0.25) is 0 Å². The first-order chi connectivity index (χ1) is 35.0. The van der Waals surface area contributed by atoms with Crippen LogP contribution >= 0.6 is 0 Å².